The summed E-state index contributed by atoms with van der Waals surface area (Å²) >= 11 is 6.20. The number of ether oxygens (including phenoxy) is 1. The minimum atomic E-state index is -3.62. The molecule has 0 bridgehead atoms. The molecule has 0 saturated heterocycles. The van der Waals surface area contributed by atoms with E-state index in [0.29, 0.717) is 24.4 Å². The van der Waals surface area contributed by atoms with E-state index in [2.05, 4.69) is 5.32 Å². The molecule has 10 heteroatoms. The third kappa shape index (κ3) is 9.55. The maximum absolute atomic E-state index is 13.3. The lowest BCUT2D eigenvalue weighted by Gasteiger charge is -2.32. The number of nitrogens with zero attached hydrogens (tertiary/aromatic N) is 2. The van der Waals surface area contributed by atoms with Gasteiger partial charge in [-0.15, -0.1) is 0 Å². The predicted molar refractivity (Wildman–Crippen MR) is 149 cm³/mol. The van der Waals surface area contributed by atoms with Crippen molar-refractivity contribution in [2.75, 3.05) is 30.8 Å². The minimum Gasteiger partial charge on any atom is -0.495 e. The van der Waals surface area contributed by atoms with Crippen LogP contribution in [0.2, 0.25) is 5.02 Å². The van der Waals surface area contributed by atoms with Gasteiger partial charge in [-0.2, -0.15) is 0 Å². The number of benzene rings is 2. The van der Waals surface area contributed by atoms with E-state index < -0.39 is 21.6 Å². The van der Waals surface area contributed by atoms with Gasteiger partial charge in [-0.3, -0.25) is 13.9 Å². The van der Waals surface area contributed by atoms with Crippen molar-refractivity contribution in [3.63, 3.8) is 0 Å². The number of hydrogen-bond donors (Lipinski definition) is 1. The molecule has 0 aliphatic rings. The van der Waals surface area contributed by atoms with Gasteiger partial charge in [0, 0.05) is 25.0 Å². The lowest BCUT2D eigenvalue weighted by Crippen LogP contribution is -2.53. The van der Waals surface area contributed by atoms with Crippen LogP contribution in [0, 0.1) is 0 Å². The van der Waals surface area contributed by atoms with Gasteiger partial charge in [0.2, 0.25) is 21.8 Å². The molecule has 2 rings (SSSR count). The Balaban J connectivity index is 2.15. The Hall–Kier alpha value is -2.78. The van der Waals surface area contributed by atoms with E-state index in [9.17, 15) is 18.0 Å². The molecule has 0 radical (unpaired) electrons. The minimum absolute atomic E-state index is 0.0812. The molecule has 8 nitrogen and oxygen atoms in total. The number of carbonyl (C=O) groups is 2. The standard InChI is InChI=1S/C27H38ClN3O5S/c1-20(26(33)29-27(2,3)4)30(18-16-21-11-8-7-9-12-21)25(32)13-10-17-31(37(6,34)35)22-14-15-24(36-5)23(28)19-22/h7-9,11-12,14-15,19-20H,10,13,16-18H2,1-6H3,(H,29,33). The van der Waals surface area contributed by atoms with Crippen LogP contribution in [-0.2, 0) is 26.0 Å². The molecule has 1 N–H and O–H groups in total. The van der Waals surface area contributed by atoms with Gasteiger partial charge >= 0.3 is 0 Å². The SMILES string of the molecule is COc1ccc(N(CCCC(=O)N(CCc2ccccc2)C(C)C(=O)NC(C)(C)C)S(C)(=O)=O)cc1Cl. The van der Waals surface area contributed by atoms with Crippen LogP contribution < -0.4 is 14.4 Å². The van der Waals surface area contributed by atoms with Gasteiger partial charge < -0.3 is 15.0 Å². The summed E-state index contributed by atoms with van der Waals surface area (Å²) in [6.45, 7) is 7.83. The van der Waals surface area contributed by atoms with Crippen LogP contribution in [0.3, 0.4) is 0 Å². The molecule has 0 saturated carbocycles. The molecule has 2 aromatic rings. The first-order valence-electron chi connectivity index (χ1n) is 12.2. The van der Waals surface area contributed by atoms with Gasteiger partial charge in [0.05, 0.1) is 24.1 Å². The number of nitrogens with one attached hydrogen (secondary N) is 1. The highest BCUT2D eigenvalue weighted by molar-refractivity contribution is 7.92. The third-order valence-electron chi connectivity index (χ3n) is 5.73. The number of methoxy groups -OCH3 is 1. The lowest BCUT2D eigenvalue weighted by atomic mass is 10.1. The van der Waals surface area contributed by atoms with Crippen molar-refractivity contribution in [2.45, 2.75) is 58.5 Å². The van der Waals surface area contributed by atoms with Crippen molar-refractivity contribution >= 4 is 39.1 Å². The van der Waals surface area contributed by atoms with Crippen LogP contribution in [0.15, 0.2) is 48.5 Å². The Kier molecular flexibility index (Phi) is 10.8. The molecular formula is C27H38ClN3O5S. The van der Waals surface area contributed by atoms with E-state index in [1.54, 1.807) is 24.0 Å². The second-order valence-electron chi connectivity index (χ2n) is 10.00. The average molecular weight is 552 g/mol. The molecular weight excluding hydrogens is 514 g/mol. The first-order valence-corrected chi connectivity index (χ1v) is 14.4. The average Bonchev–Trinajstić information content (AvgIpc) is 2.80. The molecule has 0 aliphatic carbocycles. The van der Waals surface area contributed by atoms with Gasteiger partial charge in [-0.25, -0.2) is 8.42 Å². The zero-order valence-electron chi connectivity index (χ0n) is 22.5. The van der Waals surface area contributed by atoms with Crippen molar-refractivity contribution in [3.05, 3.63) is 59.1 Å². The van der Waals surface area contributed by atoms with E-state index in [0.717, 1.165) is 11.8 Å². The van der Waals surface area contributed by atoms with Crippen molar-refractivity contribution < 1.29 is 22.7 Å². The summed E-state index contributed by atoms with van der Waals surface area (Å²) in [5.74, 6) is -0.0149. The maximum atomic E-state index is 13.3. The Labute approximate surface area is 226 Å². The molecule has 0 aromatic heterocycles. The Morgan fingerprint density at radius 3 is 2.27 bits per heavy atom. The van der Waals surface area contributed by atoms with Crippen LogP contribution in [0.1, 0.15) is 46.1 Å². The number of anilines is 1. The summed E-state index contributed by atoms with van der Waals surface area (Å²) in [6.07, 6.45) is 2.06. The van der Waals surface area contributed by atoms with Gasteiger partial charge in [-0.1, -0.05) is 41.9 Å². The van der Waals surface area contributed by atoms with Crippen LogP contribution in [0.25, 0.3) is 0 Å². The highest BCUT2D eigenvalue weighted by Gasteiger charge is 2.28. The molecule has 0 fully saturated rings. The molecule has 204 valence electrons. The number of amides is 2. The molecule has 1 atom stereocenters. The van der Waals surface area contributed by atoms with Crippen molar-refractivity contribution in [1.29, 1.82) is 0 Å². The third-order valence-corrected chi connectivity index (χ3v) is 7.21. The number of rotatable bonds is 12. The van der Waals surface area contributed by atoms with Gasteiger partial charge in [-0.05, 0) is 64.3 Å². The van der Waals surface area contributed by atoms with Gasteiger partial charge in [0.15, 0.2) is 0 Å². The summed E-state index contributed by atoms with van der Waals surface area (Å²) in [5.41, 5.74) is 1.01. The summed E-state index contributed by atoms with van der Waals surface area (Å²) in [4.78, 5) is 27.8. The summed E-state index contributed by atoms with van der Waals surface area (Å²) < 4.78 is 31.4. The lowest BCUT2D eigenvalue weighted by molar-refractivity contribution is -0.140. The van der Waals surface area contributed by atoms with Crippen LogP contribution >= 0.6 is 11.6 Å². The molecule has 0 aliphatic heterocycles. The number of hydrogen-bond acceptors (Lipinski definition) is 5. The quantitative estimate of drug-likeness (QED) is 0.425. The number of sulfonamides is 1. The first-order chi connectivity index (χ1) is 17.2. The number of halogens is 1. The van der Waals surface area contributed by atoms with Crippen LogP contribution in [0.4, 0.5) is 5.69 Å². The highest BCUT2D eigenvalue weighted by Crippen LogP contribution is 2.30. The van der Waals surface area contributed by atoms with Gasteiger partial charge in [0.25, 0.3) is 0 Å². The molecule has 37 heavy (non-hydrogen) atoms. The smallest absolute Gasteiger partial charge is 0.242 e. The highest BCUT2D eigenvalue weighted by atomic mass is 35.5. The first kappa shape index (κ1) is 30.4. The maximum Gasteiger partial charge on any atom is 0.242 e. The zero-order chi connectivity index (χ0) is 27.8. The summed E-state index contributed by atoms with van der Waals surface area (Å²) in [5, 5.41) is 3.23. The summed E-state index contributed by atoms with van der Waals surface area (Å²) in [6, 6.07) is 13.8. The van der Waals surface area contributed by atoms with Crippen molar-refractivity contribution in [3.8, 4) is 5.75 Å². The van der Waals surface area contributed by atoms with Crippen molar-refractivity contribution in [2.24, 2.45) is 0 Å². The predicted octanol–water partition coefficient (Wildman–Crippen LogP) is 4.27. The van der Waals surface area contributed by atoms with Crippen LogP contribution in [-0.4, -0.2) is 63.2 Å². The Morgan fingerprint density at radius 2 is 1.73 bits per heavy atom. The van der Waals surface area contributed by atoms with E-state index in [1.807, 2.05) is 51.1 Å². The largest absolute Gasteiger partial charge is 0.495 e. The normalized spacial score (nSPS) is 12.5. The fourth-order valence-corrected chi connectivity index (χ4v) is 5.07. The second-order valence-corrected chi connectivity index (χ2v) is 12.3. The monoisotopic (exact) mass is 551 g/mol. The zero-order valence-corrected chi connectivity index (χ0v) is 24.0. The summed E-state index contributed by atoms with van der Waals surface area (Å²) in [7, 11) is -2.14. The topological polar surface area (TPSA) is 96.0 Å². The Bertz CT molecular complexity index is 1170. The molecule has 0 spiro atoms. The number of carbonyl (C=O) groups excluding carboxylic acids is 2. The fourth-order valence-electron chi connectivity index (χ4n) is 3.86. The van der Waals surface area contributed by atoms with Gasteiger partial charge in [0.1, 0.15) is 11.8 Å². The van der Waals surface area contributed by atoms with E-state index in [4.69, 9.17) is 16.3 Å². The second kappa shape index (κ2) is 13.1. The Morgan fingerprint density at radius 1 is 1.08 bits per heavy atom. The molecule has 2 amide bonds. The van der Waals surface area contributed by atoms with Crippen molar-refractivity contribution in [1.82, 2.24) is 10.2 Å². The van der Waals surface area contributed by atoms with Crippen LogP contribution in [0.5, 0.6) is 5.75 Å². The van der Waals surface area contributed by atoms with E-state index >= 15 is 0 Å². The molecule has 0 heterocycles. The molecule has 2 aromatic carbocycles. The fraction of sp³-hybridized carbons (Fsp3) is 0.481. The van der Waals surface area contributed by atoms with E-state index in [1.165, 1.54) is 17.5 Å². The molecule has 1 unspecified atom stereocenters. The van der Waals surface area contributed by atoms with E-state index in [-0.39, 0.29) is 36.2 Å².